The lowest BCUT2D eigenvalue weighted by molar-refractivity contribution is -0.337. The summed E-state index contributed by atoms with van der Waals surface area (Å²) in [6.45, 7) is 17.2. The number of methoxy groups -OCH3 is 4. The molecule has 9 rings (SSSR count). The van der Waals surface area contributed by atoms with Crippen molar-refractivity contribution in [2.75, 3.05) is 65.7 Å². The Morgan fingerprint density at radius 2 is 1.52 bits per heavy atom. The van der Waals surface area contributed by atoms with Crippen molar-refractivity contribution in [2.24, 2.45) is 17.6 Å². The van der Waals surface area contributed by atoms with E-state index in [1.54, 1.807) is 89.6 Å². The normalized spacial score (nSPS) is 28.7. The number of hydrogen-bond donors (Lipinski definition) is 10. The number of allylic oxidation sites excluding steroid dienone is 3. The molecule has 21 atom stereocenters. The third kappa shape index (κ3) is 27.1. The number of ether oxygens (including phenoxy) is 12. The minimum absolute atomic E-state index is 0.00214. The van der Waals surface area contributed by atoms with Gasteiger partial charge in [0, 0.05) is 117 Å². The average molecular weight is 1950 g/mol. The number of Topliss-reactive ketones (excluding diaryl/α,β-unsaturated/α-hetero) is 3. The van der Waals surface area contributed by atoms with E-state index in [2.05, 4.69) is 45.1 Å². The van der Waals surface area contributed by atoms with Gasteiger partial charge in [-0.25, -0.2) is 9.59 Å². The molecule has 5 aliphatic heterocycles. The highest BCUT2D eigenvalue weighted by atomic mass is 127. The highest BCUT2D eigenvalue weighted by Gasteiger charge is 2.53. The number of benzene rings is 2. The van der Waals surface area contributed by atoms with Crippen LogP contribution in [0, 0.1) is 46.0 Å². The van der Waals surface area contributed by atoms with E-state index in [-0.39, 0.29) is 158 Å². The number of hydrogen-bond acceptors (Lipinski definition) is 32. The first-order valence-electron chi connectivity index (χ1n) is 42.2. The monoisotopic (exact) mass is 1940 g/mol. The molecule has 7 amide bonds. The lowest BCUT2D eigenvalue weighted by Crippen LogP contribution is -2.65. The number of primary amides is 1. The Balaban J connectivity index is 0.889. The van der Waals surface area contributed by atoms with Crippen molar-refractivity contribution < 1.29 is 135 Å². The minimum atomic E-state index is -2.08. The molecule has 2 aliphatic carbocycles. The SMILES string of the molecule is CCN(C(=O)OCc1ccc(NC(=O)[C@H](CCCNC(N)=O)CC(=O)[C@@H](NC(=O)CCCCCN2C(=O)C=CC2=O)C(C)C)cc1)[C@H]1CO[C@@H](O[C@H]2[C@H](O[C@H]3C#C/C=C\C#C[C@]4(O)CC(=O)C(CC(C)=O)=C3/C4=C\CSSC(C)C)O[C@H](C)[C@@H](NO[C@H]3C[C@H](O)[C@H](SC(=O)c4c(C)c(I)c(O[C@@H]5O[C@@H](C)[C@H](O)[C@@H](OC)[C@H]5O)c(OC)c4OC)[C@@H](C)O3)[C@@H]2O)C[C@@H]1OC. The van der Waals surface area contributed by atoms with Gasteiger partial charge in [-0.3, -0.25) is 48.1 Å². The second kappa shape index (κ2) is 48.5. The number of halogens is 1. The number of aliphatic hydroxyl groups is 5. The molecule has 7 aliphatic rings. The van der Waals surface area contributed by atoms with E-state index in [9.17, 15) is 73.5 Å². The number of likely N-dealkylation sites (N-methyl/N-ethyl adjacent to an activating group) is 1. The summed E-state index contributed by atoms with van der Waals surface area (Å²) in [7, 11) is 8.54. The number of hydroxylamine groups is 1. The van der Waals surface area contributed by atoms with Crippen molar-refractivity contribution in [3.05, 3.63) is 91.6 Å². The van der Waals surface area contributed by atoms with Crippen molar-refractivity contribution in [1.82, 2.24) is 25.9 Å². The molecule has 2 bridgehead atoms. The van der Waals surface area contributed by atoms with Crippen LogP contribution in [0.25, 0.3) is 0 Å². The third-order valence-electron chi connectivity index (χ3n) is 22.5. The molecule has 127 heavy (non-hydrogen) atoms. The Bertz CT molecular complexity index is 4480. The molecule has 39 heteroatoms. The van der Waals surface area contributed by atoms with Gasteiger partial charge in [-0.05, 0) is 131 Å². The lowest BCUT2D eigenvalue weighted by Gasteiger charge is -2.47. The van der Waals surface area contributed by atoms with Crippen molar-refractivity contribution in [2.45, 2.75) is 273 Å². The molecule has 4 saturated heterocycles. The molecule has 2 aromatic rings. The minimum Gasteiger partial charge on any atom is -0.492 e. The van der Waals surface area contributed by atoms with Crippen LogP contribution in [0.3, 0.4) is 0 Å². The fourth-order valence-corrected chi connectivity index (χ4v) is 19.4. The zero-order chi connectivity index (χ0) is 92.8. The van der Waals surface area contributed by atoms with E-state index in [1.807, 2.05) is 36.4 Å². The summed E-state index contributed by atoms with van der Waals surface area (Å²) in [5.41, 5.74) is 7.78. The number of fused-ring (bicyclic) bond motifs is 2. The Kier molecular flexibility index (Phi) is 39.4. The van der Waals surface area contributed by atoms with Gasteiger partial charge < -0.3 is 109 Å². The smallest absolute Gasteiger partial charge is 0.410 e. The van der Waals surface area contributed by atoms with Crippen molar-refractivity contribution in [3.63, 3.8) is 0 Å². The first-order valence-corrected chi connectivity index (χ1v) is 46.6. The molecule has 698 valence electrons. The van der Waals surface area contributed by atoms with Gasteiger partial charge in [0.05, 0.1) is 90.3 Å². The molecule has 0 aromatic heterocycles. The van der Waals surface area contributed by atoms with Gasteiger partial charge in [0.2, 0.25) is 29.0 Å². The van der Waals surface area contributed by atoms with Crippen LogP contribution < -0.4 is 41.4 Å². The highest BCUT2D eigenvalue weighted by molar-refractivity contribution is 14.1. The number of nitrogens with zero attached hydrogens (tertiary/aromatic N) is 2. The van der Waals surface area contributed by atoms with Gasteiger partial charge >= 0.3 is 12.1 Å². The number of nitrogens with two attached hydrogens (primary N) is 1. The fraction of sp³-hybridized carbons (Fsp3) is 0.614. The summed E-state index contributed by atoms with van der Waals surface area (Å²) in [4.78, 5) is 142. The quantitative estimate of drug-likeness (QED) is 0.00832. The second-order valence-electron chi connectivity index (χ2n) is 32.3. The topological polar surface area (TPSA) is 472 Å². The Morgan fingerprint density at radius 3 is 2.17 bits per heavy atom. The maximum atomic E-state index is 14.7. The number of carbonyl (C=O) groups is 10. The summed E-state index contributed by atoms with van der Waals surface area (Å²) in [5.74, 6) is 7.84. The molecule has 4 fully saturated rings. The summed E-state index contributed by atoms with van der Waals surface area (Å²) in [5, 5.41) is 66.3. The van der Waals surface area contributed by atoms with E-state index in [1.165, 1.54) is 75.4 Å². The van der Waals surface area contributed by atoms with Gasteiger partial charge in [-0.1, -0.05) is 109 Å². The average Bonchev–Trinajstić information content (AvgIpc) is 0.881. The van der Waals surface area contributed by atoms with Crippen molar-refractivity contribution >= 4 is 120 Å². The Hall–Kier alpha value is -7.60. The molecule has 0 spiro atoms. The summed E-state index contributed by atoms with van der Waals surface area (Å²) >= 11 is 2.77. The molecule has 0 unspecified atom stereocenters. The van der Waals surface area contributed by atoms with Gasteiger partial charge in [-0.15, -0.1) is 0 Å². The van der Waals surface area contributed by atoms with Crippen LogP contribution in [0.4, 0.5) is 15.3 Å². The first kappa shape index (κ1) is 103. The van der Waals surface area contributed by atoms with Gasteiger partial charge in [0.15, 0.2) is 47.5 Å². The van der Waals surface area contributed by atoms with Crippen LogP contribution in [-0.2, 0) is 87.6 Å². The van der Waals surface area contributed by atoms with E-state index in [4.69, 9.17) is 67.4 Å². The predicted molar refractivity (Wildman–Crippen MR) is 476 cm³/mol. The zero-order valence-corrected chi connectivity index (χ0v) is 78.2. The fourth-order valence-electron chi connectivity index (χ4n) is 15.8. The summed E-state index contributed by atoms with van der Waals surface area (Å²) in [6.07, 6.45) is -11.8. The number of carbonyl (C=O) groups excluding carboxylic acids is 10. The summed E-state index contributed by atoms with van der Waals surface area (Å²) in [6, 6.07) is 2.78. The van der Waals surface area contributed by atoms with E-state index in [0.717, 1.165) is 16.7 Å². The predicted octanol–water partition coefficient (Wildman–Crippen LogP) is 6.63. The standard InChI is InChI=1S/C88H118IN7O28S3/c1-15-95(87(110)117-43-52-27-29-54(30-28-52)92-82(107)53(24-23-35-91-86(90)109)39-58(98)71(45(2)3)93-63(101)26-20-18-22-36-96-64(102)31-32-65(96)103)57-44-116-66(41-62(57)112-11)122-79-74(105)72(49(8)119-85(79)121-61-25-19-16-17-21-34-88(111)42-60(100)55(38-47(6)97)69(61)56(88)33-37-125-127-46(4)5)94-124-67-40-59(99)81(51(10)118-67)126-83(108)68-48(7)70(89)77(80(115-14)76(68)113-12)123-84-75(106)78(114-13)73(104)50(9)120-84/h16-17,27-33,45-46,49-51,53,57,59,61-62,66-67,71-75,78-79,81,84-85,94,99,104-106,111H,15,18,20,22-24,26,35-44H2,1-14H3,(H,92,107)(H,93,101)(H3,90,91,109)/b17-16-,56-33+/t49-,50+,51-,53-,57+,59+,61+,62+,66+,67+,71+,72-,73+,74+,75-,78-,79-,81-,84+,85+,88+/m1/s1. The van der Waals surface area contributed by atoms with Crippen molar-refractivity contribution in [1.29, 1.82) is 0 Å². The molecular weight excluding hydrogens is 1830 g/mol. The number of thioether (sulfide) groups is 1. The number of aliphatic hydroxyl groups excluding tert-OH is 4. The third-order valence-corrected chi connectivity index (χ3v) is 27.9. The van der Waals surface area contributed by atoms with Gasteiger partial charge in [0.25, 0.3) is 11.8 Å². The highest BCUT2D eigenvalue weighted by Crippen LogP contribution is 2.50. The van der Waals surface area contributed by atoms with Crippen LogP contribution in [0.5, 0.6) is 17.2 Å². The van der Waals surface area contributed by atoms with Gasteiger partial charge in [0.1, 0.15) is 49.0 Å². The molecule has 0 radical (unpaired) electrons. The Morgan fingerprint density at radius 1 is 0.819 bits per heavy atom. The van der Waals surface area contributed by atoms with Crippen LogP contribution >= 0.6 is 55.9 Å². The number of anilines is 1. The number of imide groups is 1. The number of unbranched alkanes of at least 4 members (excludes halogenated alkanes) is 2. The Labute approximate surface area is 765 Å². The maximum absolute atomic E-state index is 14.7. The molecule has 2 aromatic carbocycles. The largest absolute Gasteiger partial charge is 0.492 e. The number of urea groups is 1. The first-order chi connectivity index (χ1) is 60.5. The summed E-state index contributed by atoms with van der Waals surface area (Å²) < 4.78 is 74.8. The lowest BCUT2D eigenvalue weighted by atomic mass is 9.72. The number of rotatable bonds is 42. The molecule has 0 saturated carbocycles. The van der Waals surface area contributed by atoms with Crippen LogP contribution in [0.15, 0.2) is 71.4 Å². The van der Waals surface area contributed by atoms with Crippen molar-refractivity contribution in [3.8, 4) is 40.9 Å². The molecular formula is C88H118IN7O28S3. The number of nitrogens with one attached hydrogen (secondary N) is 4. The molecule has 11 N–H and O–H groups in total. The van der Waals surface area contributed by atoms with Crippen LogP contribution in [0.1, 0.15) is 154 Å². The number of ketones is 3. The van der Waals surface area contributed by atoms with Crippen LogP contribution in [-0.4, -0.2) is 281 Å². The van der Waals surface area contributed by atoms with E-state index in [0.29, 0.717) is 45.4 Å². The maximum Gasteiger partial charge on any atom is 0.410 e. The van der Waals surface area contributed by atoms with Crippen LogP contribution in [0.2, 0.25) is 0 Å². The second-order valence-corrected chi connectivity index (χ2v) is 37.6. The molecule has 35 nitrogen and oxygen atoms in total. The van der Waals surface area contributed by atoms with E-state index < -0.39 is 163 Å². The van der Waals surface area contributed by atoms with Gasteiger partial charge in [-0.2, -0.15) is 5.48 Å². The van der Waals surface area contributed by atoms with E-state index >= 15 is 0 Å². The zero-order valence-electron chi connectivity index (χ0n) is 73.6. The number of amides is 7. The molecule has 5 heterocycles.